The average Bonchev–Trinajstić information content (AvgIpc) is 3.25. The minimum atomic E-state index is -3.82. The fourth-order valence-electron chi connectivity index (χ4n) is 3.16. The molecule has 2 aromatic carbocycles. The van der Waals surface area contributed by atoms with E-state index < -0.39 is 28.0 Å². The first-order valence-electron chi connectivity index (χ1n) is 8.93. The largest absolute Gasteiger partial charge is 0.493 e. The molecule has 1 unspecified atom stereocenters. The number of methoxy groups -OCH3 is 2. The van der Waals surface area contributed by atoms with E-state index in [-0.39, 0.29) is 28.5 Å². The van der Waals surface area contributed by atoms with Gasteiger partial charge in [0.05, 0.1) is 24.7 Å². The molecule has 1 atom stereocenters. The highest BCUT2D eigenvalue weighted by Crippen LogP contribution is 2.31. The van der Waals surface area contributed by atoms with E-state index in [2.05, 4.69) is 4.74 Å². The van der Waals surface area contributed by atoms with Crippen molar-refractivity contribution < 1.29 is 32.2 Å². The third-order valence-corrected chi connectivity index (χ3v) is 6.54. The van der Waals surface area contributed by atoms with Gasteiger partial charge in [-0.25, -0.2) is 18.0 Å². The summed E-state index contributed by atoms with van der Waals surface area (Å²) in [6.45, 7) is 0.232. The first kappa shape index (κ1) is 20.8. The molecule has 0 aliphatic carbocycles. The summed E-state index contributed by atoms with van der Waals surface area (Å²) >= 11 is 0. The van der Waals surface area contributed by atoms with Gasteiger partial charge in [0.2, 0.25) is 10.0 Å². The Balaban J connectivity index is 1.82. The molecule has 1 fully saturated rings. The van der Waals surface area contributed by atoms with Gasteiger partial charge in [-0.3, -0.25) is 0 Å². The molecular formula is C20H21NO7S. The van der Waals surface area contributed by atoms with Crippen LogP contribution < -0.4 is 9.47 Å². The zero-order valence-corrected chi connectivity index (χ0v) is 16.8. The molecule has 1 aliphatic heterocycles. The van der Waals surface area contributed by atoms with Crippen molar-refractivity contribution in [3.05, 3.63) is 54.1 Å². The lowest BCUT2D eigenvalue weighted by Gasteiger charge is -2.23. The molecule has 0 spiro atoms. The lowest BCUT2D eigenvalue weighted by Crippen LogP contribution is -2.42. The van der Waals surface area contributed by atoms with Crippen LogP contribution in [0.4, 0.5) is 0 Å². The van der Waals surface area contributed by atoms with Crippen LogP contribution in [0.1, 0.15) is 23.2 Å². The number of carbonyl (C=O) groups excluding carboxylic acids is 2. The third kappa shape index (κ3) is 4.25. The van der Waals surface area contributed by atoms with E-state index in [1.165, 1.54) is 48.9 Å². The maximum atomic E-state index is 12.9. The van der Waals surface area contributed by atoms with E-state index in [9.17, 15) is 18.0 Å². The van der Waals surface area contributed by atoms with Crippen molar-refractivity contribution in [3.63, 3.8) is 0 Å². The first-order chi connectivity index (χ1) is 13.9. The number of nitrogens with zero attached hydrogens (tertiary/aromatic N) is 1. The summed E-state index contributed by atoms with van der Waals surface area (Å²) < 4.78 is 42.3. The van der Waals surface area contributed by atoms with E-state index in [0.717, 1.165) is 0 Å². The van der Waals surface area contributed by atoms with Gasteiger partial charge in [0.1, 0.15) is 6.04 Å². The van der Waals surface area contributed by atoms with Crippen LogP contribution in [0.15, 0.2) is 53.4 Å². The predicted octanol–water partition coefficient (Wildman–Crippen LogP) is 2.24. The Morgan fingerprint density at radius 1 is 1.03 bits per heavy atom. The zero-order valence-electron chi connectivity index (χ0n) is 16.0. The number of ether oxygens (including phenoxy) is 3. The Labute approximate surface area is 169 Å². The molecular weight excluding hydrogens is 398 g/mol. The Hall–Kier alpha value is -2.91. The van der Waals surface area contributed by atoms with Crippen LogP contribution in [0, 0.1) is 0 Å². The fourth-order valence-corrected chi connectivity index (χ4v) is 4.83. The molecule has 9 heteroatoms. The van der Waals surface area contributed by atoms with Crippen molar-refractivity contribution in [2.24, 2.45) is 0 Å². The lowest BCUT2D eigenvalue weighted by molar-refractivity contribution is -0.138. The number of carbonyl (C=O) groups is 2. The van der Waals surface area contributed by atoms with Crippen LogP contribution in [0.2, 0.25) is 0 Å². The predicted molar refractivity (Wildman–Crippen MR) is 103 cm³/mol. The van der Waals surface area contributed by atoms with Crippen molar-refractivity contribution in [3.8, 4) is 11.5 Å². The highest BCUT2D eigenvalue weighted by atomic mass is 32.2. The van der Waals surface area contributed by atoms with Gasteiger partial charge >= 0.3 is 11.9 Å². The van der Waals surface area contributed by atoms with Gasteiger partial charge in [-0.1, -0.05) is 18.2 Å². The van der Waals surface area contributed by atoms with Crippen LogP contribution in [-0.4, -0.2) is 51.5 Å². The van der Waals surface area contributed by atoms with Gasteiger partial charge in [-0.15, -0.1) is 0 Å². The maximum Gasteiger partial charge on any atom is 0.337 e. The molecule has 3 rings (SSSR count). The quantitative estimate of drug-likeness (QED) is 0.523. The van der Waals surface area contributed by atoms with E-state index in [1.54, 1.807) is 18.2 Å². The normalized spacial score (nSPS) is 17.0. The summed E-state index contributed by atoms with van der Waals surface area (Å²) in [5.41, 5.74) is 0.235. The second-order valence-electron chi connectivity index (χ2n) is 6.37. The number of benzene rings is 2. The highest BCUT2D eigenvalue weighted by molar-refractivity contribution is 7.89. The standard InChI is InChI=1S/C20H21NO7S/c1-26-18-13-14(19(22)27-2)10-11-17(18)28-20(23)16-9-6-12-21(16)29(24,25)15-7-4-3-5-8-15/h3-5,7-8,10-11,13,16H,6,9,12H2,1-2H3. The summed E-state index contributed by atoms with van der Waals surface area (Å²) in [6.07, 6.45) is 0.900. The lowest BCUT2D eigenvalue weighted by atomic mass is 10.2. The van der Waals surface area contributed by atoms with Gasteiger partial charge < -0.3 is 14.2 Å². The van der Waals surface area contributed by atoms with Crippen LogP contribution in [0.5, 0.6) is 11.5 Å². The molecule has 0 bridgehead atoms. The van der Waals surface area contributed by atoms with Crippen molar-refractivity contribution in [1.29, 1.82) is 0 Å². The second kappa shape index (κ2) is 8.62. The van der Waals surface area contributed by atoms with Crippen LogP contribution in [0.3, 0.4) is 0 Å². The van der Waals surface area contributed by atoms with Crippen molar-refractivity contribution in [2.45, 2.75) is 23.8 Å². The monoisotopic (exact) mass is 419 g/mol. The number of hydrogen-bond donors (Lipinski definition) is 0. The Morgan fingerprint density at radius 3 is 2.41 bits per heavy atom. The molecule has 0 aromatic heterocycles. The van der Waals surface area contributed by atoms with Gasteiger partial charge in [0.15, 0.2) is 11.5 Å². The highest BCUT2D eigenvalue weighted by Gasteiger charge is 2.40. The third-order valence-electron chi connectivity index (χ3n) is 4.62. The van der Waals surface area contributed by atoms with E-state index in [4.69, 9.17) is 9.47 Å². The molecule has 1 aliphatic rings. The molecule has 2 aromatic rings. The van der Waals surface area contributed by atoms with Crippen molar-refractivity contribution in [2.75, 3.05) is 20.8 Å². The Bertz CT molecular complexity index is 1000. The van der Waals surface area contributed by atoms with Gasteiger partial charge in [0.25, 0.3) is 0 Å². The molecule has 8 nitrogen and oxygen atoms in total. The number of esters is 2. The molecule has 29 heavy (non-hydrogen) atoms. The summed E-state index contributed by atoms with van der Waals surface area (Å²) in [6, 6.07) is 11.3. The molecule has 0 N–H and O–H groups in total. The van der Waals surface area contributed by atoms with Crippen LogP contribution >= 0.6 is 0 Å². The number of sulfonamides is 1. The second-order valence-corrected chi connectivity index (χ2v) is 8.26. The maximum absolute atomic E-state index is 12.9. The molecule has 154 valence electrons. The summed E-state index contributed by atoms with van der Waals surface area (Å²) in [4.78, 5) is 24.5. The summed E-state index contributed by atoms with van der Waals surface area (Å²) in [5, 5.41) is 0. The number of rotatable bonds is 6. The summed E-state index contributed by atoms with van der Waals surface area (Å²) in [7, 11) is -1.20. The Morgan fingerprint density at radius 2 is 1.76 bits per heavy atom. The minimum absolute atomic E-state index is 0.0918. The van der Waals surface area contributed by atoms with Gasteiger partial charge in [0, 0.05) is 6.54 Å². The SMILES string of the molecule is COC(=O)c1ccc(OC(=O)C2CCCN2S(=O)(=O)c2ccccc2)c(OC)c1. The molecule has 0 amide bonds. The van der Waals surface area contributed by atoms with E-state index in [1.807, 2.05) is 0 Å². The average molecular weight is 419 g/mol. The van der Waals surface area contributed by atoms with E-state index in [0.29, 0.717) is 12.8 Å². The fraction of sp³-hybridized carbons (Fsp3) is 0.300. The smallest absolute Gasteiger partial charge is 0.337 e. The molecule has 0 radical (unpaired) electrons. The van der Waals surface area contributed by atoms with Crippen LogP contribution in [0.25, 0.3) is 0 Å². The molecule has 0 saturated carbocycles. The van der Waals surface area contributed by atoms with Gasteiger partial charge in [-0.05, 0) is 43.2 Å². The van der Waals surface area contributed by atoms with Gasteiger partial charge in [-0.2, -0.15) is 4.31 Å². The number of hydrogen-bond acceptors (Lipinski definition) is 7. The van der Waals surface area contributed by atoms with E-state index >= 15 is 0 Å². The minimum Gasteiger partial charge on any atom is -0.493 e. The topological polar surface area (TPSA) is 99.2 Å². The molecule has 1 heterocycles. The first-order valence-corrected chi connectivity index (χ1v) is 10.4. The molecule has 1 saturated heterocycles. The summed E-state index contributed by atoms with van der Waals surface area (Å²) in [5.74, 6) is -1.01. The Kier molecular flexibility index (Phi) is 6.19. The van der Waals surface area contributed by atoms with Crippen molar-refractivity contribution in [1.82, 2.24) is 4.31 Å². The van der Waals surface area contributed by atoms with Crippen molar-refractivity contribution >= 4 is 22.0 Å². The van der Waals surface area contributed by atoms with Crippen LogP contribution in [-0.2, 0) is 19.6 Å². The zero-order chi connectivity index (χ0) is 21.0.